The molecule has 0 aliphatic carbocycles. The van der Waals surface area contributed by atoms with Crippen molar-refractivity contribution in [2.45, 2.75) is 20.0 Å². The lowest BCUT2D eigenvalue weighted by atomic mass is 10.0. The molecule has 1 aromatic carbocycles. The lowest BCUT2D eigenvalue weighted by Gasteiger charge is -2.05. The lowest BCUT2D eigenvalue weighted by molar-refractivity contribution is 0.280. The van der Waals surface area contributed by atoms with E-state index in [2.05, 4.69) is 19.6 Å². The maximum absolute atomic E-state index is 8.99. The van der Waals surface area contributed by atoms with Crippen molar-refractivity contribution < 1.29 is 5.11 Å². The number of rotatable bonds is 3. The van der Waals surface area contributed by atoms with Crippen LogP contribution in [0.15, 0.2) is 24.8 Å². The Kier molecular flexibility index (Phi) is 3.06. The van der Waals surface area contributed by atoms with Crippen LogP contribution in [0.3, 0.4) is 0 Å². The Morgan fingerprint density at radius 2 is 2.17 bits per heavy atom. The van der Waals surface area contributed by atoms with E-state index in [0.717, 1.165) is 17.5 Å². The van der Waals surface area contributed by atoms with Crippen LogP contribution in [-0.4, -0.2) is 5.11 Å². The van der Waals surface area contributed by atoms with Crippen molar-refractivity contribution in [3.63, 3.8) is 0 Å². The molecule has 0 unspecified atom stereocenters. The molecule has 0 radical (unpaired) electrons. The van der Waals surface area contributed by atoms with Gasteiger partial charge in [-0.2, -0.15) is 0 Å². The molecule has 1 N–H and O–H groups in total. The molecule has 1 nitrogen and oxygen atoms in total. The van der Waals surface area contributed by atoms with Crippen LogP contribution in [-0.2, 0) is 13.0 Å². The summed E-state index contributed by atoms with van der Waals surface area (Å²) in [6.07, 6.45) is 2.78. The van der Waals surface area contributed by atoms with Crippen LogP contribution in [0.2, 0.25) is 0 Å². The number of hydrogen-bond acceptors (Lipinski definition) is 1. The molecule has 0 fully saturated rings. The van der Waals surface area contributed by atoms with Crippen molar-refractivity contribution in [1.29, 1.82) is 0 Å². The summed E-state index contributed by atoms with van der Waals surface area (Å²) < 4.78 is 0. The molecular weight excluding hydrogens is 148 g/mol. The normalized spacial score (nSPS) is 9.83. The van der Waals surface area contributed by atoms with Gasteiger partial charge in [-0.25, -0.2) is 0 Å². The quantitative estimate of drug-likeness (QED) is 0.723. The van der Waals surface area contributed by atoms with Crippen LogP contribution in [0.25, 0.3) is 6.08 Å². The third kappa shape index (κ3) is 1.74. The second-order valence-electron chi connectivity index (χ2n) is 2.74. The summed E-state index contributed by atoms with van der Waals surface area (Å²) in [6.45, 7) is 5.91. The van der Waals surface area contributed by atoms with Gasteiger partial charge in [-0.3, -0.25) is 0 Å². The predicted molar refractivity (Wildman–Crippen MR) is 51.8 cm³/mol. The van der Waals surface area contributed by atoms with Gasteiger partial charge in [-0.1, -0.05) is 37.8 Å². The predicted octanol–water partition coefficient (Wildman–Crippen LogP) is 2.38. The summed E-state index contributed by atoms with van der Waals surface area (Å²) >= 11 is 0. The van der Waals surface area contributed by atoms with Crippen molar-refractivity contribution in [2.24, 2.45) is 0 Å². The van der Waals surface area contributed by atoms with Gasteiger partial charge in [-0.05, 0) is 23.1 Å². The summed E-state index contributed by atoms with van der Waals surface area (Å²) in [5.74, 6) is 0. The van der Waals surface area contributed by atoms with Crippen LogP contribution in [0, 0.1) is 0 Å². The lowest BCUT2D eigenvalue weighted by Crippen LogP contribution is -1.92. The second-order valence-corrected chi connectivity index (χ2v) is 2.74. The number of aliphatic hydroxyl groups is 1. The minimum atomic E-state index is 0.126. The highest BCUT2D eigenvalue weighted by molar-refractivity contribution is 5.49. The van der Waals surface area contributed by atoms with Crippen LogP contribution >= 0.6 is 0 Å². The minimum Gasteiger partial charge on any atom is -0.392 e. The van der Waals surface area contributed by atoms with Gasteiger partial charge >= 0.3 is 0 Å². The molecule has 1 rings (SSSR count). The molecule has 0 aromatic heterocycles. The summed E-state index contributed by atoms with van der Waals surface area (Å²) in [5.41, 5.74) is 3.34. The summed E-state index contributed by atoms with van der Waals surface area (Å²) in [4.78, 5) is 0. The molecule has 0 heterocycles. The first kappa shape index (κ1) is 9.01. The van der Waals surface area contributed by atoms with E-state index in [1.807, 2.05) is 18.2 Å². The fourth-order valence-corrected chi connectivity index (χ4v) is 1.26. The van der Waals surface area contributed by atoms with Gasteiger partial charge < -0.3 is 5.11 Å². The van der Waals surface area contributed by atoms with Crippen molar-refractivity contribution in [2.75, 3.05) is 0 Å². The van der Waals surface area contributed by atoms with Crippen LogP contribution in [0.1, 0.15) is 23.6 Å². The average molecular weight is 162 g/mol. The van der Waals surface area contributed by atoms with Gasteiger partial charge in [0, 0.05) is 0 Å². The van der Waals surface area contributed by atoms with E-state index in [9.17, 15) is 0 Å². The zero-order chi connectivity index (χ0) is 8.97. The zero-order valence-corrected chi connectivity index (χ0v) is 7.38. The van der Waals surface area contributed by atoms with E-state index >= 15 is 0 Å². The number of aliphatic hydroxyl groups excluding tert-OH is 1. The van der Waals surface area contributed by atoms with Crippen molar-refractivity contribution in [3.8, 4) is 0 Å². The Labute approximate surface area is 73.4 Å². The molecule has 0 bridgehead atoms. The SMILES string of the molecule is C=Cc1ccc(CO)c(CC)c1. The maximum Gasteiger partial charge on any atom is 0.0684 e. The summed E-state index contributed by atoms with van der Waals surface area (Å²) in [5, 5.41) is 8.99. The van der Waals surface area contributed by atoms with E-state index in [0.29, 0.717) is 0 Å². The van der Waals surface area contributed by atoms with Gasteiger partial charge in [0.15, 0.2) is 0 Å². The van der Waals surface area contributed by atoms with Crippen LogP contribution in [0.4, 0.5) is 0 Å². The third-order valence-electron chi connectivity index (χ3n) is 2.02. The van der Waals surface area contributed by atoms with E-state index in [4.69, 9.17) is 5.11 Å². The Bertz CT molecular complexity index is 276. The largest absolute Gasteiger partial charge is 0.392 e. The number of benzene rings is 1. The molecule has 0 saturated carbocycles. The van der Waals surface area contributed by atoms with E-state index in [1.54, 1.807) is 0 Å². The molecule has 0 spiro atoms. The fraction of sp³-hybridized carbons (Fsp3) is 0.273. The van der Waals surface area contributed by atoms with Gasteiger partial charge in [0.1, 0.15) is 0 Å². The molecule has 64 valence electrons. The highest BCUT2D eigenvalue weighted by Crippen LogP contribution is 2.13. The van der Waals surface area contributed by atoms with E-state index in [1.165, 1.54) is 5.56 Å². The van der Waals surface area contributed by atoms with Crippen molar-refractivity contribution in [1.82, 2.24) is 0 Å². The fourth-order valence-electron chi connectivity index (χ4n) is 1.26. The molecule has 0 saturated heterocycles. The first-order valence-corrected chi connectivity index (χ1v) is 4.17. The van der Waals surface area contributed by atoms with E-state index < -0.39 is 0 Å². The summed E-state index contributed by atoms with van der Waals surface area (Å²) in [7, 11) is 0. The molecule has 0 aliphatic rings. The maximum atomic E-state index is 8.99. The molecule has 0 amide bonds. The molecule has 0 atom stereocenters. The van der Waals surface area contributed by atoms with Gasteiger partial charge in [0.25, 0.3) is 0 Å². The molecular formula is C11H14O. The Morgan fingerprint density at radius 1 is 1.42 bits per heavy atom. The standard InChI is InChI=1S/C11H14O/c1-3-9-5-6-11(8-12)10(4-2)7-9/h3,5-7,12H,1,4,8H2,2H3. The first-order valence-electron chi connectivity index (χ1n) is 4.17. The Hall–Kier alpha value is -1.08. The molecule has 0 aliphatic heterocycles. The molecule has 1 heteroatoms. The van der Waals surface area contributed by atoms with Gasteiger partial charge in [-0.15, -0.1) is 0 Å². The van der Waals surface area contributed by atoms with Gasteiger partial charge in [0.2, 0.25) is 0 Å². The highest BCUT2D eigenvalue weighted by Gasteiger charge is 1.98. The number of hydrogen-bond donors (Lipinski definition) is 1. The van der Waals surface area contributed by atoms with Crippen molar-refractivity contribution >= 4 is 6.08 Å². The van der Waals surface area contributed by atoms with Gasteiger partial charge in [0.05, 0.1) is 6.61 Å². The molecule has 1 aromatic rings. The molecule has 12 heavy (non-hydrogen) atoms. The van der Waals surface area contributed by atoms with Crippen molar-refractivity contribution in [3.05, 3.63) is 41.5 Å². The first-order chi connectivity index (χ1) is 5.81. The monoisotopic (exact) mass is 162 g/mol. The zero-order valence-electron chi connectivity index (χ0n) is 7.38. The minimum absolute atomic E-state index is 0.126. The van der Waals surface area contributed by atoms with Crippen LogP contribution in [0.5, 0.6) is 0 Å². The highest BCUT2D eigenvalue weighted by atomic mass is 16.3. The Balaban J connectivity index is 3.10. The second kappa shape index (κ2) is 4.07. The average Bonchev–Trinajstić information content (AvgIpc) is 2.16. The van der Waals surface area contributed by atoms with E-state index in [-0.39, 0.29) is 6.61 Å². The smallest absolute Gasteiger partial charge is 0.0684 e. The third-order valence-corrected chi connectivity index (χ3v) is 2.02. The van der Waals surface area contributed by atoms with Crippen LogP contribution < -0.4 is 0 Å². The summed E-state index contributed by atoms with van der Waals surface area (Å²) in [6, 6.07) is 5.99. The Morgan fingerprint density at radius 3 is 2.67 bits per heavy atom. The topological polar surface area (TPSA) is 20.2 Å². The number of aryl methyl sites for hydroxylation is 1.